The Balaban J connectivity index is 4.78. The summed E-state index contributed by atoms with van der Waals surface area (Å²) in [6, 6.07) is 0. The van der Waals surface area contributed by atoms with Gasteiger partial charge in [0.25, 0.3) is 0 Å². The zero-order valence-corrected chi connectivity index (χ0v) is 16.1. The molecule has 0 rings (SSSR count). The summed E-state index contributed by atoms with van der Waals surface area (Å²) in [4.78, 5) is 0. The second kappa shape index (κ2) is 12.4. The quantitative estimate of drug-likeness (QED) is 0.293. The van der Waals surface area contributed by atoms with E-state index in [0.717, 1.165) is 6.42 Å². The molecule has 1 heteroatoms. The normalized spacial score (nSPS) is 11.1. The van der Waals surface area contributed by atoms with E-state index in [0.29, 0.717) is 0 Å². The van der Waals surface area contributed by atoms with Gasteiger partial charge in [-0.1, -0.05) is 0 Å². The molecule has 18 heavy (non-hydrogen) atoms. The third kappa shape index (κ3) is 8.43. The molecule has 0 aromatic heterocycles. The van der Waals surface area contributed by atoms with Gasteiger partial charge in [-0.05, 0) is 0 Å². The van der Waals surface area contributed by atoms with E-state index in [9.17, 15) is 0 Å². The van der Waals surface area contributed by atoms with Crippen LogP contribution in [-0.4, -0.2) is 18.4 Å². The summed E-state index contributed by atoms with van der Waals surface area (Å²) in [5.41, 5.74) is 3.55. The van der Waals surface area contributed by atoms with Crippen LogP contribution >= 0.6 is 0 Å². The van der Waals surface area contributed by atoms with Gasteiger partial charge < -0.3 is 0 Å². The summed E-state index contributed by atoms with van der Waals surface area (Å²) in [7, 11) is 0. The first-order chi connectivity index (χ1) is 8.74. The molecule has 0 heterocycles. The Bertz CT molecular complexity index is 214. The van der Waals surface area contributed by atoms with Crippen LogP contribution in [0.2, 0.25) is 13.3 Å². The van der Waals surface area contributed by atoms with Crippen LogP contribution in [0, 0.1) is 0 Å². The standard InChI is InChI=1S/C5H7.3C4H9.Sn/c1-3-5-4-2;3*1-3-4-2;/h1,5H,4H2,2H3;3*1,3-4H2,2H3;. The first-order valence-electron chi connectivity index (χ1n) is 8.16. The SMILES string of the molecule is CCC=C=[CH][Sn]([CH2]CCC)([CH2]CCC)[CH2]CCC. The van der Waals surface area contributed by atoms with Gasteiger partial charge in [0.1, 0.15) is 0 Å². The molecule has 0 fully saturated rings. The molecule has 0 spiro atoms. The van der Waals surface area contributed by atoms with Gasteiger partial charge in [0.05, 0.1) is 0 Å². The average molecular weight is 357 g/mol. The van der Waals surface area contributed by atoms with Gasteiger partial charge in [0, 0.05) is 0 Å². The van der Waals surface area contributed by atoms with Gasteiger partial charge in [-0.25, -0.2) is 0 Å². The van der Waals surface area contributed by atoms with Crippen molar-refractivity contribution in [3.05, 3.63) is 15.9 Å². The molecule has 0 aromatic carbocycles. The van der Waals surface area contributed by atoms with E-state index in [2.05, 4.69) is 43.6 Å². The molecular formula is C17H34Sn. The Morgan fingerprint density at radius 3 is 1.56 bits per heavy atom. The second-order valence-corrected chi connectivity index (χ2v) is 18.5. The summed E-state index contributed by atoms with van der Waals surface area (Å²) in [5, 5.41) is 0. The van der Waals surface area contributed by atoms with Crippen LogP contribution in [0.1, 0.15) is 72.6 Å². The van der Waals surface area contributed by atoms with Crippen LogP contribution < -0.4 is 0 Å². The van der Waals surface area contributed by atoms with Crippen molar-refractivity contribution < 1.29 is 0 Å². The van der Waals surface area contributed by atoms with Gasteiger partial charge >= 0.3 is 120 Å². The Morgan fingerprint density at radius 2 is 1.22 bits per heavy atom. The van der Waals surface area contributed by atoms with E-state index in [4.69, 9.17) is 0 Å². The Labute approximate surface area is 120 Å². The molecule has 106 valence electrons. The molecule has 0 saturated carbocycles. The minimum atomic E-state index is -1.98. The van der Waals surface area contributed by atoms with Crippen LogP contribution in [0.5, 0.6) is 0 Å². The van der Waals surface area contributed by atoms with E-state index in [1.54, 1.807) is 13.3 Å². The molecular weight excluding hydrogens is 323 g/mol. The molecule has 0 aliphatic heterocycles. The van der Waals surface area contributed by atoms with Crippen molar-refractivity contribution in [1.82, 2.24) is 0 Å². The molecule has 0 aliphatic rings. The van der Waals surface area contributed by atoms with Gasteiger partial charge in [-0.2, -0.15) is 0 Å². The Hall–Kier alpha value is 0.319. The second-order valence-electron chi connectivity index (χ2n) is 5.60. The van der Waals surface area contributed by atoms with Gasteiger partial charge in [0.2, 0.25) is 0 Å². The number of allylic oxidation sites excluding steroid dienone is 1. The van der Waals surface area contributed by atoms with E-state index in [-0.39, 0.29) is 0 Å². The van der Waals surface area contributed by atoms with Crippen molar-refractivity contribution in [3.63, 3.8) is 0 Å². The van der Waals surface area contributed by atoms with Crippen molar-refractivity contribution in [2.75, 3.05) is 0 Å². The van der Waals surface area contributed by atoms with Crippen molar-refractivity contribution >= 4 is 18.4 Å². The number of rotatable bonds is 11. The number of hydrogen-bond donors (Lipinski definition) is 0. The van der Waals surface area contributed by atoms with Crippen molar-refractivity contribution in [3.8, 4) is 0 Å². The maximum absolute atomic E-state index is 3.55. The van der Waals surface area contributed by atoms with Crippen LogP contribution in [0.4, 0.5) is 0 Å². The molecule has 0 amide bonds. The molecule has 0 aromatic rings. The molecule has 0 unspecified atom stereocenters. The zero-order chi connectivity index (χ0) is 13.7. The fraction of sp³-hybridized carbons (Fsp3) is 0.824. The van der Waals surface area contributed by atoms with Crippen molar-refractivity contribution in [2.24, 2.45) is 0 Å². The van der Waals surface area contributed by atoms with E-state index in [1.807, 2.05) is 0 Å². The van der Waals surface area contributed by atoms with Gasteiger partial charge in [0.15, 0.2) is 0 Å². The monoisotopic (exact) mass is 358 g/mol. The van der Waals surface area contributed by atoms with E-state index >= 15 is 0 Å². The Morgan fingerprint density at radius 1 is 0.778 bits per heavy atom. The molecule has 0 nitrogen and oxygen atoms in total. The first kappa shape index (κ1) is 18.3. The third-order valence-corrected chi connectivity index (χ3v) is 17.6. The Kier molecular flexibility index (Phi) is 12.6. The van der Waals surface area contributed by atoms with Crippen molar-refractivity contribution in [1.29, 1.82) is 0 Å². The summed E-state index contributed by atoms with van der Waals surface area (Å²) >= 11 is -1.98. The molecule has 0 bridgehead atoms. The third-order valence-electron chi connectivity index (χ3n) is 3.80. The van der Waals surface area contributed by atoms with Gasteiger partial charge in [-0.15, -0.1) is 0 Å². The first-order valence-corrected chi connectivity index (χ1v) is 15.9. The average Bonchev–Trinajstić information content (AvgIpc) is 2.40. The summed E-state index contributed by atoms with van der Waals surface area (Å²) in [6.45, 7) is 9.22. The fourth-order valence-electron chi connectivity index (χ4n) is 2.53. The van der Waals surface area contributed by atoms with Crippen molar-refractivity contribution in [2.45, 2.75) is 86.0 Å². The molecule has 0 atom stereocenters. The van der Waals surface area contributed by atoms with E-state index in [1.165, 1.54) is 38.5 Å². The molecule has 0 saturated heterocycles. The predicted molar refractivity (Wildman–Crippen MR) is 87.8 cm³/mol. The number of hydrogen-bond acceptors (Lipinski definition) is 0. The topological polar surface area (TPSA) is 0 Å². The molecule has 0 N–H and O–H groups in total. The predicted octanol–water partition coefficient (Wildman–Crippen LogP) is 6.50. The molecule has 0 aliphatic carbocycles. The van der Waals surface area contributed by atoms with E-state index < -0.39 is 18.4 Å². The fourth-order valence-corrected chi connectivity index (χ4v) is 16.3. The van der Waals surface area contributed by atoms with Crippen LogP contribution in [-0.2, 0) is 0 Å². The number of unbranched alkanes of at least 4 members (excludes halogenated alkanes) is 3. The summed E-state index contributed by atoms with van der Waals surface area (Å²) in [6.07, 6.45) is 11.8. The maximum atomic E-state index is 3.55. The minimum absolute atomic E-state index is 1.13. The summed E-state index contributed by atoms with van der Waals surface area (Å²) < 4.78 is 7.32. The van der Waals surface area contributed by atoms with Crippen LogP contribution in [0.15, 0.2) is 15.9 Å². The van der Waals surface area contributed by atoms with Crippen LogP contribution in [0.3, 0.4) is 0 Å². The van der Waals surface area contributed by atoms with Crippen LogP contribution in [0.25, 0.3) is 0 Å². The zero-order valence-electron chi connectivity index (χ0n) is 13.2. The molecule has 0 radical (unpaired) electrons. The van der Waals surface area contributed by atoms with Gasteiger partial charge in [-0.3, -0.25) is 0 Å². The summed E-state index contributed by atoms with van der Waals surface area (Å²) in [5.74, 6) is 0.